The Labute approximate surface area is 80.5 Å². The molecule has 0 heterocycles. The van der Waals surface area contributed by atoms with Crippen molar-refractivity contribution in [2.75, 3.05) is 6.35 Å². The van der Waals surface area contributed by atoms with Gasteiger partial charge in [0.1, 0.15) is 11.6 Å². The maximum Gasteiger partial charge on any atom is 0.362 e. The van der Waals surface area contributed by atoms with E-state index in [-0.39, 0.29) is 11.3 Å². The summed E-state index contributed by atoms with van der Waals surface area (Å²) in [6.07, 6.45) is -0.739. The van der Waals surface area contributed by atoms with E-state index in [0.29, 0.717) is 0 Å². The van der Waals surface area contributed by atoms with Gasteiger partial charge in [-0.2, -0.15) is 0 Å². The van der Waals surface area contributed by atoms with Crippen LogP contribution in [0.25, 0.3) is 0 Å². The largest absolute Gasteiger partial charge is 0.481 e. The van der Waals surface area contributed by atoms with Crippen LogP contribution in [0, 0.1) is 12.7 Å². The molecule has 2 N–H and O–H groups in total. The van der Waals surface area contributed by atoms with Crippen molar-refractivity contribution in [3.63, 3.8) is 0 Å². The van der Waals surface area contributed by atoms with Crippen LogP contribution in [0.15, 0.2) is 18.2 Å². The molecule has 4 nitrogen and oxygen atoms in total. The molecule has 0 aliphatic carbocycles. The predicted octanol–water partition coefficient (Wildman–Crippen LogP) is 1.65. The van der Waals surface area contributed by atoms with Crippen LogP contribution in [-0.4, -0.2) is 16.1 Å². The summed E-state index contributed by atoms with van der Waals surface area (Å²) in [7, 11) is -4.21. The Bertz CT molecular complexity index is 374. The molecular formula is C8H10FO4P. The Hall–Kier alpha value is -0.900. The molecule has 6 heteroatoms. The first-order chi connectivity index (χ1) is 6.40. The second kappa shape index (κ2) is 4.09. The second-order valence-electron chi connectivity index (χ2n) is 2.80. The minimum atomic E-state index is -4.21. The van der Waals surface area contributed by atoms with Crippen molar-refractivity contribution < 1.29 is 23.5 Å². The Kier molecular flexibility index (Phi) is 3.26. The van der Waals surface area contributed by atoms with E-state index >= 15 is 0 Å². The van der Waals surface area contributed by atoms with Crippen LogP contribution in [-0.2, 0) is 4.57 Å². The first kappa shape index (κ1) is 11.2. The van der Waals surface area contributed by atoms with Gasteiger partial charge in [-0.1, -0.05) is 6.07 Å². The highest BCUT2D eigenvalue weighted by Crippen LogP contribution is 2.35. The number of ether oxygens (including phenoxy) is 1. The summed E-state index contributed by atoms with van der Waals surface area (Å²) < 4.78 is 28.2. The predicted molar refractivity (Wildman–Crippen MR) is 48.7 cm³/mol. The van der Waals surface area contributed by atoms with Crippen LogP contribution in [0.5, 0.6) is 5.75 Å². The molecule has 0 fully saturated rings. The lowest BCUT2D eigenvalue weighted by atomic mass is 10.2. The van der Waals surface area contributed by atoms with Crippen molar-refractivity contribution >= 4 is 7.60 Å². The summed E-state index contributed by atoms with van der Waals surface area (Å²) in [6.45, 7) is 1.48. The summed E-state index contributed by atoms with van der Waals surface area (Å²) in [6, 6.07) is 4.12. The third-order valence-electron chi connectivity index (χ3n) is 1.61. The Morgan fingerprint density at radius 1 is 1.50 bits per heavy atom. The lowest BCUT2D eigenvalue weighted by Crippen LogP contribution is -2.00. The molecule has 1 rings (SSSR count). The van der Waals surface area contributed by atoms with Gasteiger partial charge in [0, 0.05) is 5.56 Å². The van der Waals surface area contributed by atoms with Gasteiger partial charge in [0.05, 0.1) is 0 Å². The fraction of sp³-hybridized carbons (Fsp3) is 0.250. The normalized spacial score (nSPS) is 11.4. The molecule has 1 aromatic carbocycles. The first-order valence-electron chi connectivity index (χ1n) is 3.82. The molecule has 1 aromatic rings. The van der Waals surface area contributed by atoms with E-state index in [0.717, 1.165) is 0 Å². The van der Waals surface area contributed by atoms with Gasteiger partial charge in [-0.15, -0.1) is 0 Å². The van der Waals surface area contributed by atoms with E-state index in [1.54, 1.807) is 0 Å². The zero-order chi connectivity index (χ0) is 10.8. The van der Waals surface area contributed by atoms with Crippen molar-refractivity contribution in [3.8, 4) is 5.75 Å². The highest BCUT2D eigenvalue weighted by Gasteiger charge is 2.15. The van der Waals surface area contributed by atoms with Crippen LogP contribution < -0.4 is 4.74 Å². The molecule has 0 unspecified atom stereocenters. The zero-order valence-electron chi connectivity index (χ0n) is 7.48. The highest BCUT2D eigenvalue weighted by molar-refractivity contribution is 7.51. The van der Waals surface area contributed by atoms with Gasteiger partial charge >= 0.3 is 7.60 Å². The lowest BCUT2D eigenvalue weighted by molar-refractivity contribution is 0.298. The zero-order valence-corrected chi connectivity index (χ0v) is 8.37. The quantitative estimate of drug-likeness (QED) is 0.760. The minimum absolute atomic E-state index is 0.147. The van der Waals surface area contributed by atoms with Crippen molar-refractivity contribution in [3.05, 3.63) is 29.6 Å². The molecule has 0 atom stereocenters. The number of halogens is 1. The standard InChI is InChI=1S/C8H10FO4P/c1-6-7(9)3-2-4-8(6)13-5-14(10,11)12/h2-4H,5H2,1H3,(H2,10,11,12). The summed E-state index contributed by atoms with van der Waals surface area (Å²) in [5.74, 6) is -0.318. The highest BCUT2D eigenvalue weighted by atomic mass is 31.2. The smallest absolute Gasteiger partial charge is 0.362 e. The fourth-order valence-corrected chi connectivity index (χ4v) is 1.20. The summed E-state index contributed by atoms with van der Waals surface area (Å²) >= 11 is 0. The summed E-state index contributed by atoms with van der Waals surface area (Å²) in [4.78, 5) is 17.1. The van der Waals surface area contributed by atoms with Crippen LogP contribution in [0.3, 0.4) is 0 Å². The van der Waals surface area contributed by atoms with Crippen molar-refractivity contribution in [2.45, 2.75) is 6.92 Å². The van der Waals surface area contributed by atoms with E-state index in [1.165, 1.54) is 25.1 Å². The van der Waals surface area contributed by atoms with E-state index in [2.05, 4.69) is 0 Å². The first-order valence-corrected chi connectivity index (χ1v) is 5.62. The van der Waals surface area contributed by atoms with Crippen LogP contribution in [0.2, 0.25) is 0 Å². The van der Waals surface area contributed by atoms with E-state index < -0.39 is 19.8 Å². The third-order valence-corrected chi connectivity index (χ3v) is 2.07. The molecular weight excluding hydrogens is 210 g/mol. The molecule has 14 heavy (non-hydrogen) atoms. The maximum absolute atomic E-state index is 12.9. The van der Waals surface area contributed by atoms with Crippen molar-refractivity contribution in [2.24, 2.45) is 0 Å². The van der Waals surface area contributed by atoms with Gasteiger partial charge in [-0.3, -0.25) is 4.57 Å². The Morgan fingerprint density at radius 3 is 2.71 bits per heavy atom. The average molecular weight is 220 g/mol. The SMILES string of the molecule is Cc1c(F)cccc1OCP(=O)(O)O. The number of benzene rings is 1. The average Bonchev–Trinajstić information content (AvgIpc) is 2.06. The molecule has 0 bridgehead atoms. The molecule has 0 radical (unpaired) electrons. The number of rotatable bonds is 3. The third kappa shape index (κ3) is 3.10. The van der Waals surface area contributed by atoms with Crippen molar-refractivity contribution in [1.82, 2.24) is 0 Å². The van der Waals surface area contributed by atoms with E-state index in [1.807, 2.05) is 0 Å². The molecule has 0 aromatic heterocycles. The van der Waals surface area contributed by atoms with E-state index in [4.69, 9.17) is 14.5 Å². The molecule has 0 saturated heterocycles. The molecule has 0 saturated carbocycles. The molecule has 0 amide bonds. The second-order valence-corrected chi connectivity index (χ2v) is 4.39. The van der Waals surface area contributed by atoms with E-state index in [9.17, 15) is 8.96 Å². The van der Waals surface area contributed by atoms with Crippen molar-refractivity contribution in [1.29, 1.82) is 0 Å². The molecule has 0 aliphatic rings. The fourth-order valence-electron chi connectivity index (χ4n) is 0.898. The summed E-state index contributed by atoms with van der Waals surface area (Å²) in [5.41, 5.74) is 0.237. The summed E-state index contributed by atoms with van der Waals surface area (Å²) in [5, 5.41) is 0. The van der Waals surface area contributed by atoms with Crippen LogP contribution >= 0.6 is 7.60 Å². The van der Waals surface area contributed by atoms with Gasteiger partial charge in [-0.25, -0.2) is 4.39 Å². The Morgan fingerprint density at radius 2 is 2.14 bits per heavy atom. The lowest BCUT2D eigenvalue weighted by Gasteiger charge is -2.09. The monoisotopic (exact) mass is 220 g/mol. The number of hydrogen-bond acceptors (Lipinski definition) is 2. The van der Waals surface area contributed by atoms with Gasteiger partial charge in [0.2, 0.25) is 0 Å². The topological polar surface area (TPSA) is 66.8 Å². The van der Waals surface area contributed by atoms with Crippen LogP contribution in [0.4, 0.5) is 4.39 Å². The Balaban J connectivity index is 2.78. The maximum atomic E-state index is 12.9. The molecule has 0 aliphatic heterocycles. The number of hydrogen-bond donors (Lipinski definition) is 2. The van der Waals surface area contributed by atoms with Gasteiger partial charge in [-0.05, 0) is 19.1 Å². The van der Waals surface area contributed by atoms with Gasteiger partial charge < -0.3 is 14.5 Å². The van der Waals surface area contributed by atoms with Gasteiger partial charge in [0.15, 0.2) is 6.35 Å². The van der Waals surface area contributed by atoms with Gasteiger partial charge in [0.25, 0.3) is 0 Å². The van der Waals surface area contributed by atoms with Crippen LogP contribution in [0.1, 0.15) is 5.56 Å². The molecule has 78 valence electrons. The minimum Gasteiger partial charge on any atom is -0.481 e. The molecule has 0 spiro atoms.